The van der Waals surface area contributed by atoms with E-state index in [0.717, 1.165) is 27.2 Å². The predicted molar refractivity (Wildman–Crippen MR) is 106 cm³/mol. The third-order valence-electron chi connectivity index (χ3n) is 4.92. The number of rotatable bonds is 1. The molecule has 2 heterocycles. The molecule has 0 atom stereocenters. The van der Waals surface area contributed by atoms with Crippen molar-refractivity contribution in [2.24, 2.45) is 0 Å². The first-order valence-corrected chi connectivity index (χ1v) is 8.58. The fourth-order valence-corrected chi connectivity index (χ4v) is 3.55. The van der Waals surface area contributed by atoms with Crippen LogP contribution in [0, 0.1) is 22.7 Å². The highest BCUT2D eigenvalue weighted by atomic mass is 16.3. The van der Waals surface area contributed by atoms with Gasteiger partial charge >= 0.3 is 0 Å². The zero-order chi connectivity index (χ0) is 19.3. The van der Waals surface area contributed by atoms with Gasteiger partial charge in [-0.05, 0) is 29.8 Å². The van der Waals surface area contributed by atoms with Crippen molar-refractivity contribution < 1.29 is 9.52 Å². The monoisotopic (exact) mass is 361 g/mol. The molecule has 0 aliphatic heterocycles. The van der Waals surface area contributed by atoms with Crippen LogP contribution in [0.5, 0.6) is 5.75 Å². The highest BCUT2D eigenvalue weighted by molar-refractivity contribution is 6.15. The molecular weight excluding hydrogens is 350 g/mol. The first kappa shape index (κ1) is 15.9. The topological polar surface area (TPSA) is 93.8 Å². The molecule has 0 saturated carbocycles. The van der Waals surface area contributed by atoms with Crippen molar-refractivity contribution in [3.63, 3.8) is 0 Å². The maximum atomic E-state index is 10.4. The van der Waals surface area contributed by atoms with Gasteiger partial charge in [-0.25, -0.2) is 0 Å². The van der Waals surface area contributed by atoms with Crippen molar-refractivity contribution in [3.8, 4) is 29.0 Å². The summed E-state index contributed by atoms with van der Waals surface area (Å²) >= 11 is 0. The number of phenols is 1. The van der Waals surface area contributed by atoms with Gasteiger partial charge in [0.25, 0.3) is 0 Å². The van der Waals surface area contributed by atoms with E-state index in [1.807, 2.05) is 36.4 Å². The van der Waals surface area contributed by atoms with Crippen LogP contribution in [-0.4, -0.2) is 10.1 Å². The number of nitriles is 2. The van der Waals surface area contributed by atoms with E-state index in [9.17, 15) is 15.6 Å². The minimum Gasteiger partial charge on any atom is -0.506 e. The Balaban J connectivity index is 1.86. The average molecular weight is 361 g/mol. The molecule has 5 rings (SSSR count). The van der Waals surface area contributed by atoms with E-state index in [4.69, 9.17) is 4.42 Å². The molecule has 130 valence electrons. The van der Waals surface area contributed by atoms with Crippen molar-refractivity contribution in [2.75, 3.05) is 0 Å². The maximum absolute atomic E-state index is 10.4. The Bertz CT molecular complexity index is 1500. The molecule has 3 aromatic carbocycles. The van der Waals surface area contributed by atoms with E-state index in [0.29, 0.717) is 22.3 Å². The number of para-hydroxylation sites is 2. The van der Waals surface area contributed by atoms with Gasteiger partial charge in [0, 0.05) is 27.9 Å². The number of aromatic hydroxyl groups is 1. The van der Waals surface area contributed by atoms with E-state index >= 15 is 0 Å². The molecule has 5 nitrogen and oxygen atoms in total. The number of pyridine rings is 1. The van der Waals surface area contributed by atoms with Crippen LogP contribution in [-0.2, 0) is 0 Å². The zero-order valence-electron chi connectivity index (χ0n) is 14.5. The molecule has 0 saturated heterocycles. The molecule has 0 amide bonds. The molecule has 0 radical (unpaired) electrons. The van der Waals surface area contributed by atoms with Crippen molar-refractivity contribution in [1.82, 2.24) is 4.98 Å². The van der Waals surface area contributed by atoms with Gasteiger partial charge in [0.05, 0.1) is 16.6 Å². The van der Waals surface area contributed by atoms with Crippen molar-refractivity contribution >= 4 is 32.8 Å². The number of phenolic OH excluding ortho intramolecular Hbond substituents is 1. The van der Waals surface area contributed by atoms with Gasteiger partial charge in [-0.2, -0.15) is 10.5 Å². The summed E-state index contributed by atoms with van der Waals surface area (Å²) < 4.78 is 6.08. The Hall–Kier alpha value is -4.35. The fraction of sp³-hybridized carbons (Fsp3) is 0. The number of nitrogens with zero attached hydrogens (tertiary/aromatic N) is 3. The Labute approximate surface area is 159 Å². The summed E-state index contributed by atoms with van der Waals surface area (Å²) in [5.74, 6) is -0.0548. The first-order valence-electron chi connectivity index (χ1n) is 8.58. The summed E-state index contributed by atoms with van der Waals surface area (Å²) in [5, 5.41) is 31.4. The molecule has 0 aliphatic carbocycles. The zero-order valence-corrected chi connectivity index (χ0v) is 14.5. The van der Waals surface area contributed by atoms with E-state index in [1.54, 1.807) is 30.5 Å². The first-order chi connectivity index (χ1) is 13.7. The Morgan fingerprint density at radius 1 is 0.821 bits per heavy atom. The van der Waals surface area contributed by atoms with Crippen LogP contribution in [0.3, 0.4) is 0 Å². The van der Waals surface area contributed by atoms with Gasteiger partial charge in [-0.15, -0.1) is 0 Å². The van der Waals surface area contributed by atoms with Crippen LogP contribution in [0.15, 0.2) is 65.2 Å². The van der Waals surface area contributed by atoms with Crippen LogP contribution in [0.1, 0.15) is 11.1 Å². The molecule has 0 spiro atoms. The average Bonchev–Trinajstić information content (AvgIpc) is 3.13. The summed E-state index contributed by atoms with van der Waals surface area (Å²) in [5.41, 5.74) is 3.91. The summed E-state index contributed by atoms with van der Waals surface area (Å²) in [4.78, 5) is 4.52. The summed E-state index contributed by atoms with van der Waals surface area (Å²) in [6.45, 7) is 0. The van der Waals surface area contributed by atoms with Gasteiger partial charge in [0.2, 0.25) is 0 Å². The van der Waals surface area contributed by atoms with Gasteiger partial charge in [-0.3, -0.25) is 4.98 Å². The van der Waals surface area contributed by atoms with Crippen LogP contribution in [0.4, 0.5) is 0 Å². The molecule has 2 aromatic heterocycles. The van der Waals surface area contributed by atoms with Crippen LogP contribution in [0.25, 0.3) is 44.0 Å². The van der Waals surface area contributed by atoms with E-state index in [2.05, 4.69) is 11.1 Å². The van der Waals surface area contributed by atoms with Gasteiger partial charge in [-0.1, -0.05) is 30.3 Å². The molecule has 1 N–H and O–H groups in total. The lowest BCUT2D eigenvalue weighted by Gasteiger charge is -2.07. The number of hydrogen-bond donors (Lipinski definition) is 1. The van der Waals surface area contributed by atoms with E-state index in [1.165, 1.54) is 0 Å². The number of furan rings is 1. The largest absolute Gasteiger partial charge is 0.506 e. The van der Waals surface area contributed by atoms with Crippen molar-refractivity contribution in [3.05, 3.63) is 71.9 Å². The Morgan fingerprint density at radius 2 is 1.61 bits per heavy atom. The SMILES string of the molecule is N#Cc1cccc(-c2ccc3ncc4c5cccc(C#N)c5oc4c3c2)c1O. The molecule has 0 aliphatic rings. The van der Waals surface area contributed by atoms with Gasteiger partial charge < -0.3 is 9.52 Å². The number of aromatic nitrogens is 1. The fourth-order valence-electron chi connectivity index (χ4n) is 3.55. The van der Waals surface area contributed by atoms with Gasteiger partial charge in [0.1, 0.15) is 23.5 Å². The molecule has 0 unspecified atom stereocenters. The molecule has 5 heteroatoms. The van der Waals surface area contributed by atoms with Crippen LogP contribution in [0.2, 0.25) is 0 Å². The minimum atomic E-state index is -0.0548. The third-order valence-corrected chi connectivity index (χ3v) is 4.92. The van der Waals surface area contributed by atoms with E-state index in [-0.39, 0.29) is 11.3 Å². The van der Waals surface area contributed by atoms with Crippen LogP contribution >= 0.6 is 0 Å². The van der Waals surface area contributed by atoms with Crippen molar-refractivity contribution in [2.45, 2.75) is 0 Å². The smallest absolute Gasteiger partial charge is 0.153 e. The molecule has 28 heavy (non-hydrogen) atoms. The van der Waals surface area contributed by atoms with E-state index < -0.39 is 0 Å². The summed E-state index contributed by atoms with van der Waals surface area (Å²) in [7, 11) is 0. The lowest BCUT2D eigenvalue weighted by Crippen LogP contribution is -1.85. The number of hydrogen-bond acceptors (Lipinski definition) is 5. The minimum absolute atomic E-state index is 0.0548. The second-order valence-electron chi connectivity index (χ2n) is 6.44. The van der Waals surface area contributed by atoms with Crippen LogP contribution < -0.4 is 0 Å². The Morgan fingerprint density at radius 3 is 2.43 bits per heavy atom. The highest BCUT2D eigenvalue weighted by Crippen LogP contribution is 2.38. The quantitative estimate of drug-likeness (QED) is 0.440. The lowest BCUT2D eigenvalue weighted by molar-refractivity contribution is 0.475. The van der Waals surface area contributed by atoms with Crippen molar-refractivity contribution in [1.29, 1.82) is 10.5 Å². The number of fused-ring (bicyclic) bond motifs is 5. The molecule has 5 aromatic rings. The summed E-state index contributed by atoms with van der Waals surface area (Å²) in [6.07, 6.45) is 1.75. The standard InChI is InChI=1S/C23H11N3O2/c24-10-14-3-1-5-16(21(14)27)13-7-8-20-18(9-13)23-19(12-26-20)17-6-2-4-15(11-25)22(17)28-23/h1-9,12,27H. The summed E-state index contributed by atoms with van der Waals surface area (Å²) in [6, 6.07) is 20.2. The molecule has 0 fully saturated rings. The second-order valence-corrected chi connectivity index (χ2v) is 6.44. The maximum Gasteiger partial charge on any atom is 0.153 e. The molecular formula is C23H11N3O2. The predicted octanol–water partition coefficient (Wildman–Crippen LogP) is 5.25. The Kier molecular flexibility index (Phi) is 3.31. The normalized spacial score (nSPS) is 10.9. The third kappa shape index (κ3) is 2.14. The lowest BCUT2D eigenvalue weighted by atomic mass is 9.99. The van der Waals surface area contributed by atoms with Gasteiger partial charge in [0.15, 0.2) is 5.58 Å². The highest BCUT2D eigenvalue weighted by Gasteiger charge is 2.15. The molecule has 0 bridgehead atoms. The second kappa shape index (κ2) is 5.84. The number of benzene rings is 3.